The maximum atomic E-state index is 6.18. The molecule has 5 rings (SSSR count). The molecule has 0 saturated carbocycles. The van der Waals surface area contributed by atoms with Crippen molar-refractivity contribution in [3.8, 4) is 11.3 Å². The van der Waals surface area contributed by atoms with Crippen LogP contribution in [0.3, 0.4) is 0 Å². The van der Waals surface area contributed by atoms with E-state index in [1.165, 1.54) is 5.56 Å². The van der Waals surface area contributed by atoms with Crippen molar-refractivity contribution in [3.05, 3.63) is 66.4 Å². The van der Waals surface area contributed by atoms with Crippen LogP contribution in [0.25, 0.3) is 44.4 Å². The van der Waals surface area contributed by atoms with E-state index < -0.39 is 0 Å². The molecule has 3 aromatic heterocycles. The van der Waals surface area contributed by atoms with Crippen molar-refractivity contribution >= 4 is 33.1 Å². The summed E-state index contributed by atoms with van der Waals surface area (Å²) in [5.41, 5.74) is 5.18. The van der Waals surface area contributed by atoms with Gasteiger partial charge in [0.2, 0.25) is 5.69 Å². The minimum atomic E-state index is 0.594. The van der Waals surface area contributed by atoms with E-state index in [9.17, 15) is 0 Å². The van der Waals surface area contributed by atoms with Crippen molar-refractivity contribution in [2.75, 3.05) is 0 Å². The number of para-hydroxylation sites is 1. The standard InChI is InChI=1S/C21H16NO2/c1-13-10-11-15-19-14-7-3-4-9-17(14)23-21(19)24-20(15)18(13)16-8-5-6-12-22(16)2/h3-12H,1-2H3/q+1. The van der Waals surface area contributed by atoms with Gasteiger partial charge in [0, 0.05) is 22.9 Å². The Morgan fingerprint density at radius 1 is 0.833 bits per heavy atom. The van der Waals surface area contributed by atoms with Crippen molar-refractivity contribution in [1.29, 1.82) is 0 Å². The molecule has 3 heteroatoms. The van der Waals surface area contributed by atoms with E-state index in [1.807, 2.05) is 24.3 Å². The molecule has 2 aromatic carbocycles. The Morgan fingerprint density at radius 2 is 1.67 bits per heavy atom. The summed E-state index contributed by atoms with van der Waals surface area (Å²) in [6.07, 6.45) is 2.05. The third kappa shape index (κ3) is 1.69. The Kier molecular flexibility index (Phi) is 2.63. The zero-order chi connectivity index (χ0) is 16.3. The van der Waals surface area contributed by atoms with Gasteiger partial charge in [-0.05, 0) is 24.6 Å². The van der Waals surface area contributed by atoms with Crippen LogP contribution in [0.2, 0.25) is 0 Å². The van der Waals surface area contributed by atoms with Crippen molar-refractivity contribution in [3.63, 3.8) is 0 Å². The number of hydrogen-bond acceptors (Lipinski definition) is 2. The zero-order valence-corrected chi connectivity index (χ0v) is 13.5. The van der Waals surface area contributed by atoms with Crippen LogP contribution in [0, 0.1) is 6.92 Å². The molecule has 0 amide bonds. The Balaban J connectivity index is 1.96. The molecule has 116 valence electrons. The summed E-state index contributed by atoms with van der Waals surface area (Å²) in [4.78, 5) is 0. The van der Waals surface area contributed by atoms with Gasteiger partial charge in [0.25, 0.3) is 5.78 Å². The van der Waals surface area contributed by atoms with Gasteiger partial charge in [-0.2, -0.15) is 0 Å². The summed E-state index contributed by atoms with van der Waals surface area (Å²) in [6.45, 7) is 2.12. The second-order valence-corrected chi connectivity index (χ2v) is 6.19. The molecule has 3 heterocycles. The number of furan rings is 2. The Hall–Kier alpha value is -3.07. The molecule has 5 aromatic rings. The third-order valence-electron chi connectivity index (χ3n) is 4.70. The minimum Gasteiger partial charge on any atom is -0.425 e. The van der Waals surface area contributed by atoms with Crippen LogP contribution in [0.5, 0.6) is 0 Å². The highest BCUT2D eigenvalue weighted by Crippen LogP contribution is 2.41. The molecule has 0 unspecified atom stereocenters. The third-order valence-corrected chi connectivity index (χ3v) is 4.70. The first-order valence-electron chi connectivity index (χ1n) is 8.02. The van der Waals surface area contributed by atoms with Crippen LogP contribution >= 0.6 is 0 Å². The summed E-state index contributed by atoms with van der Waals surface area (Å²) >= 11 is 0. The van der Waals surface area contributed by atoms with Crippen molar-refractivity contribution in [2.45, 2.75) is 6.92 Å². The predicted octanol–water partition coefficient (Wildman–Crippen LogP) is 5.13. The predicted molar refractivity (Wildman–Crippen MR) is 94.8 cm³/mol. The van der Waals surface area contributed by atoms with Gasteiger partial charge in [0.1, 0.15) is 12.6 Å². The maximum absolute atomic E-state index is 6.18. The number of hydrogen-bond donors (Lipinski definition) is 0. The second kappa shape index (κ2) is 4.71. The van der Waals surface area contributed by atoms with Crippen molar-refractivity contribution < 1.29 is 13.4 Å². The molecule has 3 nitrogen and oxygen atoms in total. The lowest BCUT2D eigenvalue weighted by Gasteiger charge is -2.05. The van der Waals surface area contributed by atoms with Crippen LogP contribution in [-0.2, 0) is 7.05 Å². The van der Waals surface area contributed by atoms with Crippen LogP contribution in [0.1, 0.15) is 5.56 Å². The van der Waals surface area contributed by atoms with Crippen molar-refractivity contribution in [2.24, 2.45) is 7.05 Å². The van der Waals surface area contributed by atoms with E-state index in [0.717, 1.165) is 38.6 Å². The normalized spacial score (nSPS) is 11.8. The smallest absolute Gasteiger partial charge is 0.299 e. The fourth-order valence-electron chi connectivity index (χ4n) is 3.53. The van der Waals surface area contributed by atoms with Gasteiger partial charge in [0.05, 0.1) is 10.9 Å². The zero-order valence-electron chi connectivity index (χ0n) is 13.5. The molecule has 0 saturated heterocycles. The molecule has 0 aliphatic heterocycles. The molecule has 0 radical (unpaired) electrons. The number of nitrogens with zero attached hydrogens (tertiary/aromatic N) is 1. The lowest BCUT2D eigenvalue weighted by atomic mass is 10.0. The summed E-state index contributed by atoms with van der Waals surface area (Å²) in [7, 11) is 2.05. The average Bonchev–Trinajstić information content (AvgIpc) is 3.11. The van der Waals surface area contributed by atoms with E-state index in [-0.39, 0.29) is 0 Å². The Labute approximate surface area is 138 Å². The first kappa shape index (κ1) is 13.4. The van der Waals surface area contributed by atoms with Gasteiger partial charge >= 0.3 is 0 Å². The van der Waals surface area contributed by atoms with Gasteiger partial charge in [0.15, 0.2) is 11.8 Å². The van der Waals surface area contributed by atoms with E-state index in [4.69, 9.17) is 8.83 Å². The van der Waals surface area contributed by atoms with Crippen LogP contribution in [0.4, 0.5) is 0 Å². The number of aryl methyl sites for hydroxylation is 2. The summed E-state index contributed by atoms with van der Waals surface area (Å²) < 4.78 is 14.2. The largest absolute Gasteiger partial charge is 0.425 e. The van der Waals surface area contributed by atoms with E-state index in [0.29, 0.717) is 5.78 Å². The van der Waals surface area contributed by atoms with E-state index >= 15 is 0 Å². The highest BCUT2D eigenvalue weighted by atomic mass is 16.5. The van der Waals surface area contributed by atoms with Crippen LogP contribution in [0.15, 0.2) is 69.6 Å². The fraction of sp³-hybridized carbons (Fsp3) is 0.0952. The van der Waals surface area contributed by atoms with E-state index in [2.05, 4.69) is 55.1 Å². The summed E-state index contributed by atoms with van der Waals surface area (Å²) in [6, 6.07) is 18.5. The Bertz CT molecular complexity index is 1230. The van der Waals surface area contributed by atoms with Crippen molar-refractivity contribution in [1.82, 2.24) is 0 Å². The molecule has 0 aliphatic rings. The number of benzene rings is 2. The van der Waals surface area contributed by atoms with Gasteiger partial charge in [-0.25, -0.2) is 4.57 Å². The molecule has 0 fully saturated rings. The molecule has 24 heavy (non-hydrogen) atoms. The monoisotopic (exact) mass is 314 g/mol. The average molecular weight is 314 g/mol. The minimum absolute atomic E-state index is 0.594. The molecule has 0 bridgehead atoms. The maximum Gasteiger partial charge on any atom is 0.299 e. The number of fused-ring (bicyclic) bond motifs is 5. The molecular weight excluding hydrogens is 298 g/mol. The van der Waals surface area contributed by atoms with Crippen LogP contribution < -0.4 is 4.57 Å². The number of rotatable bonds is 1. The lowest BCUT2D eigenvalue weighted by Crippen LogP contribution is -2.30. The molecular formula is C21H16NO2+. The highest BCUT2D eigenvalue weighted by Gasteiger charge is 2.22. The highest BCUT2D eigenvalue weighted by molar-refractivity contribution is 6.19. The quantitative estimate of drug-likeness (QED) is 0.401. The van der Waals surface area contributed by atoms with Crippen LogP contribution in [-0.4, -0.2) is 0 Å². The summed E-state index contributed by atoms with van der Waals surface area (Å²) in [5, 5.41) is 3.25. The van der Waals surface area contributed by atoms with Gasteiger partial charge < -0.3 is 8.83 Å². The summed E-state index contributed by atoms with van der Waals surface area (Å²) in [5.74, 6) is 0.594. The van der Waals surface area contributed by atoms with Gasteiger partial charge in [-0.1, -0.05) is 30.3 Å². The lowest BCUT2D eigenvalue weighted by molar-refractivity contribution is -0.660. The molecule has 0 atom stereocenters. The SMILES string of the molecule is Cc1ccc2c(oc3oc4ccccc4c32)c1-c1cccc[n+]1C. The first-order chi connectivity index (χ1) is 11.7. The molecule has 0 spiro atoms. The molecule has 0 N–H and O–H groups in total. The van der Waals surface area contributed by atoms with Gasteiger partial charge in [-0.3, -0.25) is 0 Å². The fourth-order valence-corrected chi connectivity index (χ4v) is 3.53. The molecule has 0 aliphatic carbocycles. The first-order valence-corrected chi connectivity index (χ1v) is 8.02. The Morgan fingerprint density at radius 3 is 2.54 bits per heavy atom. The number of aromatic nitrogens is 1. The second-order valence-electron chi connectivity index (χ2n) is 6.19. The van der Waals surface area contributed by atoms with Gasteiger partial charge in [-0.15, -0.1) is 0 Å². The topological polar surface area (TPSA) is 30.2 Å². The number of pyridine rings is 1. The van der Waals surface area contributed by atoms with E-state index in [1.54, 1.807) is 0 Å².